The number of aliphatic hydroxyl groups is 1. The number of carbonyl (C=O) groups is 2. The van der Waals surface area contributed by atoms with Gasteiger partial charge in [0.05, 0.1) is 12.1 Å². The zero-order valence-electron chi connectivity index (χ0n) is 21.1. The fraction of sp³-hybridized carbons (Fsp3) is 0.241. The van der Waals surface area contributed by atoms with Gasteiger partial charge in [-0.1, -0.05) is 36.9 Å². The van der Waals surface area contributed by atoms with Crippen LogP contribution in [0.15, 0.2) is 90.1 Å². The molecule has 0 spiro atoms. The lowest BCUT2D eigenvalue weighted by atomic mass is 9.90. The van der Waals surface area contributed by atoms with Crippen LogP contribution in [0.4, 0.5) is 5.69 Å². The molecule has 9 nitrogen and oxygen atoms in total. The number of piperidine rings is 1. The van der Waals surface area contributed by atoms with Crippen LogP contribution < -0.4 is 10.9 Å². The number of hydrogen-bond donors (Lipinski definition) is 2. The molecule has 1 aliphatic rings. The number of likely N-dealkylation sites (tertiary alicyclic amines) is 1. The molecule has 5 rings (SSSR count). The number of rotatable bonds is 6. The average Bonchev–Trinajstić information content (AvgIpc) is 3.41. The molecule has 1 saturated heterocycles. The van der Waals surface area contributed by atoms with E-state index in [1.165, 1.54) is 15.4 Å². The van der Waals surface area contributed by atoms with Crippen LogP contribution in [0.3, 0.4) is 0 Å². The maximum absolute atomic E-state index is 13.2. The lowest BCUT2D eigenvalue weighted by molar-refractivity contribution is -0.112. The zero-order chi connectivity index (χ0) is 26.9. The third-order valence-corrected chi connectivity index (χ3v) is 6.98. The fourth-order valence-electron chi connectivity index (χ4n) is 4.72. The second kappa shape index (κ2) is 10.1. The molecule has 2 N–H and O–H groups in total. The molecule has 0 aliphatic carbocycles. The molecule has 3 heterocycles. The van der Waals surface area contributed by atoms with E-state index in [0.717, 1.165) is 11.1 Å². The standard InChI is InChI=1S/C29H29N5O4/c1-20(2)26(35)31-24-7-4-3-6-23(24)21-9-11-22(12-10-21)27(36)32-16-13-29(38,14-17-32)18-33-19-30-34-15-5-8-25(34)28(33)37/h3-12,15,19,38H,1,13-14,16-18H2,2H3,(H,31,35). The van der Waals surface area contributed by atoms with Crippen molar-refractivity contribution in [2.24, 2.45) is 0 Å². The minimum absolute atomic E-state index is 0.115. The van der Waals surface area contributed by atoms with E-state index in [1.807, 2.05) is 36.4 Å². The minimum Gasteiger partial charge on any atom is -0.388 e. The van der Waals surface area contributed by atoms with Crippen molar-refractivity contribution in [2.45, 2.75) is 31.9 Å². The number of anilines is 1. The van der Waals surface area contributed by atoms with Gasteiger partial charge in [0.2, 0.25) is 0 Å². The minimum atomic E-state index is -1.10. The molecule has 2 amide bonds. The van der Waals surface area contributed by atoms with Gasteiger partial charge in [-0.3, -0.25) is 19.0 Å². The predicted molar refractivity (Wildman–Crippen MR) is 145 cm³/mol. The van der Waals surface area contributed by atoms with E-state index in [0.29, 0.717) is 48.3 Å². The van der Waals surface area contributed by atoms with Gasteiger partial charge in [-0.2, -0.15) is 5.10 Å². The third kappa shape index (κ3) is 5.01. The summed E-state index contributed by atoms with van der Waals surface area (Å²) in [6.07, 6.45) is 3.85. The summed E-state index contributed by atoms with van der Waals surface area (Å²) in [5.74, 6) is -0.364. The molecule has 0 unspecified atom stereocenters. The van der Waals surface area contributed by atoms with Crippen LogP contribution in [-0.4, -0.2) is 54.7 Å². The predicted octanol–water partition coefficient (Wildman–Crippen LogP) is 3.34. The molecule has 0 bridgehead atoms. The maximum atomic E-state index is 13.2. The van der Waals surface area contributed by atoms with E-state index in [9.17, 15) is 19.5 Å². The van der Waals surface area contributed by atoms with Crippen molar-refractivity contribution >= 4 is 23.0 Å². The largest absolute Gasteiger partial charge is 0.388 e. The van der Waals surface area contributed by atoms with Crippen molar-refractivity contribution in [3.8, 4) is 11.1 Å². The molecular formula is C29H29N5O4. The van der Waals surface area contributed by atoms with Crippen LogP contribution in [0.2, 0.25) is 0 Å². The van der Waals surface area contributed by atoms with E-state index < -0.39 is 5.60 Å². The molecule has 0 radical (unpaired) electrons. The van der Waals surface area contributed by atoms with Gasteiger partial charge in [-0.25, -0.2) is 4.52 Å². The van der Waals surface area contributed by atoms with Crippen LogP contribution in [-0.2, 0) is 11.3 Å². The number of hydrogen-bond acceptors (Lipinski definition) is 5. The first-order chi connectivity index (χ1) is 18.2. The van der Waals surface area contributed by atoms with Gasteiger partial charge in [0.1, 0.15) is 11.8 Å². The number of carbonyl (C=O) groups excluding carboxylic acids is 2. The van der Waals surface area contributed by atoms with Gasteiger partial charge in [0, 0.05) is 41.7 Å². The Hall–Kier alpha value is -4.50. The summed E-state index contributed by atoms with van der Waals surface area (Å²) < 4.78 is 2.94. The van der Waals surface area contributed by atoms with Crippen LogP contribution in [0.5, 0.6) is 0 Å². The number of nitrogens with zero attached hydrogens (tertiary/aromatic N) is 4. The first-order valence-corrected chi connectivity index (χ1v) is 12.4. The third-order valence-electron chi connectivity index (χ3n) is 6.98. The van der Waals surface area contributed by atoms with Gasteiger partial charge >= 0.3 is 0 Å². The van der Waals surface area contributed by atoms with Crippen molar-refractivity contribution in [2.75, 3.05) is 18.4 Å². The topological polar surface area (TPSA) is 109 Å². The summed E-state index contributed by atoms with van der Waals surface area (Å²) >= 11 is 0. The van der Waals surface area contributed by atoms with Crippen molar-refractivity contribution in [3.05, 3.63) is 101 Å². The van der Waals surface area contributed by atoms with E-state index >= 15 is 0 Å². The van der Waals surface area contributed by atoms with Crippen LogP contribution in [0, 0.1) is 0 Å². The van der Waals surface area contributed by atoms with E-state index in [4.69, 9.17) is 0 Å². The second-order valence-electron chi connectivity index (χ2n) is 9.78. The molecule has 1 aliphatic heterocycles. The Balaban J connectivity index is 1.25. The van der Waals surface area contributed by atoms with E-state index in [1.54, 1.807) is 42.3 Å². The van der Waals surface area contributed by atoms with Crippen LogP contribution >= 0.6 is 0 Å². The molecule has 0 saturated carbocycles. The highest BCUT2D eigenvalue weighted by atomic mass is 16.3. The van der Waals surface area contributed by atoms with Gasteiger partial charge in [0.25, 0.3) is 17.4 Å². The van der Waals surface area contributed by atoms with Crippen molar-refractivity contribution in [3.63, 3.8) is 0 Å². The Morgan fingerprint density at radius 1 is 1.05 bits per heavy atom. The molecule has 0 atom stereocenters. The van der Waals surface area contributed by atoms with Gasteiger partial charge < -0.3 is 15.3 Å². The van der Waals surface area contributed by atoms with Crippen molar-refractivity contribution in [1.29, 1.82) is 0 Å². The highest BCUT2D eigenvalue weighted by Gasteiger charge is 2.35. The zero-order valence-corrected chi connectivity index (χ0v) is 21.1. The van der Waals surface area contributed by atoms with Crippen molar-refractivity contribution in [1.82, 2.24) is 19.1 Å². The normalized spacial score (nSPS) is 14.8. The lowest BCUT2D eigenvalue weighted by Gasteiger charge is -2.38. The molecular weight excluding hydrogens is 482 g/mol. The smallest absolute Gasteiger partial charge is 0.277 e. The monoisotopic (exact) mass is 511 g/mol. The number of nitrogens with one attached hydrogen (secondary N) is 1. The fourth-order valence-corrected chi connectivity index (χ4v) is 4.72. The highest BCUT2D eigenvalue weighted by molar-refractivity contribution is 6.05. The number of aromatic nitrogens is 3. The summed E-state index contributed by atoms with van der Waals surface area (Å²) in [7, 11) is 0. The van der Waals surface area contributed by atoms with Crippen LogP contribution in [0.1, 0.15) is 30.1 Å². The van der Waals surface area contributed by atoms with Gasteiger partial charge in [-0.15, -0.1) is 0 Å². The summed E-state index contributed by atoms with van der Waals surface area (Å²) in [5.41, 5.74) is 2.47. The molecule has 38 heavy (non-hydrogen) atoms. The number of para-hydroxylation sites is 1. The number of fused-ring (bicyclic) bond motifs is 1. The summed E-state index contributed by atoms with van der Waals surface area (Å²) in [4.78, 5) is 39.7. The first-order valence-electron chi connectivity index (χ1n) is 12.4. The molecule has 194 valence electrons. The molecule has 2 aromatic heterocycles. The van der Waals surface area contributed by atoms with Crippen LogP contribution in [0.25, 0.3) is 16.6 Å². The average molecular weight is 512 g/mol. The summed E-state index contributed by atoms with van der Waals surface area (Å²) in [6, 6.07) is 18.2. The highest BCUT2D eigenvalue weighted by Crippen LogP contribution is 2.29. The Labute approximate surface area is 219 Å². The Morgan fingerprint density at radius 3 is 2.47 bits per heavy atom. The number of benzene rings is 2. The van der Waals surface area contributed by atoms with Gasteiger partial charge in [-0.05, 0) is 55.7 Å². The lowest BCUT2D eigenvalue weighted by Crippen LogP contribution is -2.49. The molecule has 9 heteroatoms. The number of amides is 2. The quantitative estimate of drug-likeness (QED) is 0.386. The maximum Gasteiger partial charge on any atom is 0.277 e. The molecule has 1 fully saturated rings. The molecule has 2 aromatic carbocycles. The van der Waals surface area contributed by atoms with E-state index in [-0.39, 0.29) is 23.9 Å². The van der Waals surface area contributed by atoms with Crippen molar-refractivity contribution < 1.29 is 14.7 Å². The SMILES string of the molecule is C=C(C)C(=O)Nc1ccccc1-c1ccc(C(=O)N2CCC(O)(Cn3cnn4cccc4c3=O)CC2)cc1. The summed E-state index contributed by atoms with van der Waals surface area (Å²) in [5, 5.41) is 18.2. The van der Waals surface area contributed by atoms with E-state index in [2.05, 4.69) is 17.0 Å². The van der Waals surface area contributed by atoms with Gasteiger partial charge in [0.15, 0.2) is 0 Å². The first kappa shape index (κ1) is 25.2. The Bertz CT molecular complexity index is 1580. The Morgan fingerprint density at radius 2 is 1.76 bits per heavy atom. The molecule has 4 aromatic rings. The summed E-state index contributed by atoms with van der Waals surface area (Å²) in [6.45, 7) is 6.21. The second-order valence-corrected chi connectivity index (χ2v) is 9.78. The Kier molecular flexibility index (Phi) is 6.69.